The highest BCUT2D eigenvalue weighted by atomic mass is 32.2. The number of ether oxygens (including phenoxy) is 1. The van der Waals surface area contributed by atoms with Crippen molar-refractivity contribution in [2.45, 2.75) is 17.7 Å². The van der Waals surface area contributed by atoms with E-state index >= 15 is 0 Å². The maximum atomic E-state index is 12.6. The van der Waals surface area contributed by atoms with Crippen LogP contribution in [0, 0.1) is 0 Å². The molecule has 0 bridgehead atoms. The molecule has 0 aromatic heterocycles. The molecule has 29 heavy (non-hydrogen) atoms. The zero-order valence-electron chi connectivity index (χ0n) is 15.9. The topological polar surface area (TPSA) is 105 Å². The number of carbonyl (C=O) groups is 2. The summed E-state index contributed by atoms with van der Waals surface area (Å²) in [7, 11) is -2.29. The van der Waals surface area contributed by atoms with Crippen LogP contribution in [0.4, 0.5) is 0 Å². The van der Waals surface area contributed by atoms with Gasteiger partial charge in [0.1, 0.15) is 0 Å². The third-order valence-electron chi connectivity index (χ3n) is 4.51. The lowest BCUT2D eigenvalue weighted by Gasteiger charge is -2.15. The maximum absolute atomic E-state index is 12.6. The zero-order chi connectivity index (χ0) is 20.9. The predicted octanol–water partition coefficient (Wildman–Crippen LogP) is 2.02. The van der Waals surface area contributed by atoms with Gasteiger partial charge in [0.25, 0.3) is 5.91 Å². The van der Waals surface area contributed by atoms with Crippen molar-refractivity contribution in [2.24, 2.45) is 5.10 Å². The molecule has 152 valence electrons. The Balaban J connectivity index is 1.66. The molecular weight excluding hydrogens is 394 g/mol. The molecule has 0 unspecified atom stereocenters. The van der Waals surface area contributed by atoms with Crippen LogP contribution in [0.3, 0.4) is 0 Å². The van der Waals surface area contributed by atoms with Crippen LogP contribution in [0.5, 0.6) is 0 Å². The first-order valence-electron chi connectivity index (χ1n) is 9.04. The second kappa shape index (κ2) is 8.97. The highest BCUT2D eigenvalue weighted by Crippen LogP contribution is 2.21. The number of esters is 1. The van der Waals surface area contributed by atoms with Gasteiger partial charge in [-0.25, -0.2) is 18.6 Å². The molecule has 2 aromatic rings. The largest absolute Gasteiger partial charge is 0.465 e. The van der Waals surface area contributed by atoms with Gasteiger partial charge in [0.05, 0.1) is 23.8 Å². The number of carbonyl (C=O) groups excluding carboxylic acids is 2. The molecule has 8 nitrogen and oxygen atoms in total. The van der Waals surface area contributed by atoms with Crippen LogP contribution < -0.4 is 5.43 Å². The number of hydrogen-bond acceptors (Lipinski definition) is 6. The molecule has 0 atom stereocenters. The third-order valence-corrected chi connectivity index (χ3v) is 6.41. The summed E-state index contributed by atoms with van der Waals surface area (Å²) in [5, 5.41) is 3.88. The average molecular weight is 415 g/mol. The molecule has 2 aromatic carbocycles. The highest BCUT2D eigenvalue weighted by molar-refractivity contribution is 7.89. The summed E-state index contributed by atoms with van der Waals surface area (Å²) < 4.78 is 31.3. The summed E-state index contributed by atoms with van der Waals surface area (Å²) in [4.78, 5) is 23.8. The average Bonchev–Trinajstić information content (AvgIpc) is 3.29. The van der Waals surface area contributed by atoms with Crippen LogP contribution >= 0.6 is 0 Å². The lowest BCUT2D eigenvalue weighted by Crippen LogP contribution is -2.28. The van der Waals surface area contributed by atoms with Crippen molar-refractivity contribution in [3.63, 3.8) is 0 Å². The number of rotatable bonds is 6. The SMILES string of the molecule is COC(=O)c1ccc(C=NNC(=O)c2cccc(S(=O)(=O)N3CCCC3)c2)cc1. The Morgan fingerprint density at radius 2 is 1.76 bits per heavy atom. The number of methoxy groups -OCH3 is 1. The van der Waals surface area contributed by atoms with Crippen molar-refractivity contribution in [3.8, 4) is 0 Å². The van der Waals surface area contributed by atoms with Crippen LogP contribution in [0.25, 0.3) is 0 Å². The highest BCUT2D eigenvalue weighted by Gasteiger charge is 2.27. The minimum Gasteiger partial charge on any atom is -0.465 e. The van der Waals surface area contributed by atoms with Gasteiger partial charge in [0.15, 0.2) is 0 Å². The minimum absolute atomic E-state index is 0.0921. The van der Waals surface area contributed by atoms with Crippen molar-refractivity contribution in [1.29, 1.82) is 0 Å². The molecule has 1 aliphatic heterocycles. The van der Waals surface area contributed by atoms with Gasteiger partial charge in [-0.15, -0.1) is 0 Å². The Morgan fingerprint density at radius 1 is 1.07 bits per heavy atom. The van der Waals surface area contributed by atoms with E-state index in [1.807, 2.05) is 0 Å². The smallest absolute Gasteiger partial charge is 0.337 e. The van der Waals surface area contributed by atoms with Gasteiger partial charge in [0, 0.05) is 18.7 Å². The first-order valence-corrected chi connectivity index (χ1v) is 10.5. The van der Waals surface area contributed by atoms with Crippen molar-refractivity contribution < 1.29 is 22.7 Å². The number of benzene rings is 2. The monoisotopic (exact) mass is 415 g/mol. The van der Waals surface area contributed by atoms with Crippen LogP contribution in [-0.2, 0) is 14.8 Å². The molecule has 9 heteroatoms. The van der Waals surface area contributed by atoms with E-state index in [0.29, 0.717) is 24.2 Å². The predicted molar refractivity (Wildman–Crippen MR) is 107 cm³/mol. The van der Waals surface area contributed by atoms with E-state index in [1.54, 1.807) is 24.3 Å². The summed E-state index contributed by atoms with van der Waals surface area (Å²) in [6, 6.07) is 12.4. The van der Waals surface area contributed by atoms with E-state index in [4.69, 9.17) is 0 Å². The van der Waals surface area contributed by atoms with Crippen molar-refractivity contribution >= 4 is 28.1 Å². The summed E-state index contributed by atoms with van der Waals surface area (Å²) in [6.07, 6.45) is 3.10. The van der Waals surface area contributed by atoms with Crippen LogP contribution in [0.15, 0.2) is 58.5 Å². The number of nitrogens with zero attached hydrogens (tertiary/aromatic N) is 2. The van der Waals surface area contributed by atoms with Gasteiger partial charge in [-0.3, -0.25) is 4.79 Å². The number of hydrazone groups is 1. The lowest BCUT2D eigenvalue weighted by atomic mass is 10.1. The first-order chi connectivity index (χ1) is 13.9. The molecule has 1 N–H and O–H groups in total. The molecule has 1 heterocycles. The molecule has 1 fully saturated rings. The van der Waals surface area contributed by atoms with Gasteiger partial charge in [-0.05, 0) is 48.7 Å². The molecule has 0 saturated carbocycles. The van der Waals surface area contributed by atoms with Gasteiger partial charge >= 0.3 is 5.97 Å². The second-order valence-corrected chi connectivity index (χ2v) is 8.39. The normalized spacial score (nSPS) is 14.8. The zero-order valence-corrected chi connectivity index (χ0v) is 16.7. The summed E-state index contributed by atoms with van der Waals surface area (Å²) >= 11 is 0. The van der Waals surface area contributed by atoms with E-state index in [0.717, 1.165) is 12.8 Å². The van der Waals surface area contributed by atoms with E-state index in [-0.39, 0.29) is 10.5 Å². The molecule has 1 amide bonds. The molecule has 1 aliphatic rings. The number of nitrogens with one attached hydrogen (secondary N) is 1. The Labute approximate surface area is 169 Å². The quantitative estimate of drug-likeness (QED) is 0.441. The van der Waals surface area contributed by atoms with E-state index < -0.39 is 21.9 Å². The van der Waals surface area contributed by atoms with Gasteiger partial charge in [-0.2, -0.15) is 9.41 Å². The Morgan fingerprint density at radius 3 is 2.41 bits per heavy atom. The molecule has 3 rings (SSSR count). The Hall–Kier alpha value is -3.04. The fraction of sp³-hybridized carbons (Fsp3) is 0.250. The van der Waals surface area contributed by atoms with Crippen molar-refractivity contribution in [2.75, 3.05) is 20.2 Å². The van der Waals surface area contributed by atoms with E-state index in [9.17, 15) is 18.0 Å². The first kappa shape index (κ1) is 20.7. The summed E-state index contributed by atoms with van der Waals surface area (Å²) in [5.41, 5.74) is 3.65. The van der Waals surface area contributed by atoms with Gasteiger partial charge in [-0.1, -0.05) is 18.2 Å². The van der Waals surface area contributed by atoms with E-state index in [1.165, 1.54) is 41.9 Å². The van der Waals surface area contributed by atoms with Crippen LogP contribution in [0.1, 0.15) is 39.1 Å². The third kappa shape index (κ3) is 4.87. The number of sulfonamides is 1. The molecule has 0 aliphatic carbocycles. The minimum atomic E-state index is -3.59. The lowest BCUT2D eigenvalue weighted by molar-refractivity contribution is 0.0600. The van der Waals surface area contributed by atoms with Gasteiger partial charge in [0.2, 0.25) is 10.0 Å². The van der Waals surface area contributed by atoms with Crippen molar-refractivity contribution in [3.05, 3.63) is 65.2 Å². The summed E-state index contributed by atoms with van der Waals surface area (Å²) in [5.74, 6) is -0.962. The van der Waals surface area contributed by atoms with Gasteiger partial charge < -0.3 is 4.74 Å². The molecule has 1 saturated heterocycles. The van der Waals surface area contributed by atoms with Crippen LogP contribution in [-0.4, -0.2) is 51.0 Å². The Kier molecular flexibility index (Phi) is 6.40. The van der Waals surface area contributed by atoms with Crippen molar-refractivity contribution in [1.82, 2.24) is 9.73 Å². The molecule has 0 spiro atoms. The van der Waals surface area contributed by atoms with E-state index in [2.05, 4.69) is 15.3 Å². The van der Waals surface area contributed by atoms with Crippen LogP contribution in [0.2, 0.25) is 0 Å². The fourth-order valence-electron chi connectivity index (χ4n) is 2.93. The molecule has 0 radical (unpaired) electrons. The fourth-order valence-corrected chi connectivity index (χ4v) is 4.49. The maximum Gasteiger partial charge on any atom is 0.337 e. The standard InChI is InChI=1S/C20H21N3O5S/c1-28-20(25)16-9-7-15(8-10-16)14-21-22-19(24)17-5-4-6-18(13-17)29(26,27)23-11-2-3-12-23/h4-10,13-14H,2-3,11-12H2,1H3,(H,22,24). The molecular formula is C20H21N3O5S. The number of amides is 1. The summed E-state index contributed by atoms with van der Waals surface area (Å²) in [6.45, 7) is 0.996. The Bertz CT molecular complexity index is 1030. The number of hydrogen-bond donors (Lipinski definition) is 1. The second-order valence-electron chi connectivity index (χ2n) is 6.45.